The molecule has 0 radical (unpaired) electrons. The van der Waals surface area contributed by atoms with Crippen molar-refractivity contribution in [3.8, 4) is 0 Å². The molecule has 5 nitrogen and oxygen atoms in total. The van der Waals surface area contributed by atoms with Crippen LogP contribution >= 0.6 is 12.4 Å². The topological polar surface area (TPSA) is 81.1 Å². The lowest BCUT2D eigenvalue weighted by molar-refractivity contribution is -0.882. The Morgan fingerprint density at radius 2 is 1.80 bits per heavy atom. The summed E-state index contributed by atoms with van der Waals surface area (Å²) in [5, 5.41) is 2.86. The summed E-state index contributed by atoms with van der Waals surface area (Å²) in [7, 11) is 4.05. The average molecular weight is 323 g/mol. The molecule has 0 bridgehead atoms. The van der Waals surface area contributed by atoms with E-state index in [2.05, 4.69) is 5.32 Å². The molecule has 0 heterocycles. The van der Waals surface area contributed by atoms with Crippen LogP contribution in [-0.2, 0) is 4.79 Å². The van der Waals surface area contributed by atoms with Crippen molar-refractivity contribution >= 4 is 29.7 Å². The van der Waals surface area contributed by atoms with E-state index in [1.54, 1.807) is 24.3 Å². The van der Waals surface area contributed by atoms with Gasteiger partial charge in [0.2, 0.25) is 0 Å². The molecule has 20 heavy (non-hydrogen) atoms. The van der Waals surface area contributed by atoms with Crippen LogP contribution < -0.4 is 29.2 Å². The summed E-state index contributed by atoms with van der Waals surface area (Å²) in [4.78, 5) is 11.9. The highest BCUT2D eigenvalue weighted by molar-refractivity contribution is 5.91. The maximum absolute atomic E-state index is 11.9. The van der Waals surface area contributed by atoms with Crippen molar-refractivity contribution < 1.29 is 21.7 Å². The number of carbonyl (C=O) groups excluding carboxylic acids is 1. The van der Waals surface area contributed by atoms with E-state index in [9.17, 15) is 4.79 Å². The van der Waals surface area contributed by atoms with E-state index in [4.69, 9.17) is 11.5 Å². The number of nitrogens with two attached hydrogens (primary N) is 2. The van der Waals surface area contributed by atoms with Gasteiger partial charge in [-0.3, -0.25) is 4.79 Å². The monoisotopic (exact) mass is 322 g/mol. The molecule has 0 spiro atoms. The van der Waals surface area contributed by atoms with Gasteiger partial charge in [-0.25, -0.2) is 0 Å². The molecule has 7 heteroatoms. The van der Waals surface area contributed by atoms with Gasteiger partial charge in [-0.1, -0.05) is 0 Å². The molecule has 0 unspecified atom stereocenters. The Balaban J connectivity index is 0. The van der Waals surface area contributed by atoms with Crippen molar-refractivity contribution in [1.29, 1.82) is 0 Å². The Labute approximate surface area is 133 Å². The van der Waals surface area contributed by atoms with Crippen molar-refractivity contribution in [3.05, 3.63) is 24.3 Å². The number of amides is 1. The smallest absolute Gasteiger partial charge is 0.279 e. The molecule has 1 rings (SSSR count). The van der Waals surface area contributed by atoms with Gasteiger partial charge in [0.1, 0.15) is 0 Å². The fourth-order valence-corrected chi connectivity index (χ4v) is 1.75. The number of nitrogens with one attached hydrogen (secondary N) is 1. The average Bonchev–Trinajstić information content (AvgIpc) is 2.29. The van der Waals surface area contributed by atoms with Gasteiger partial charge in [-0.15, -0.1) is 12.4 Å². The van der Waals surface area contributed by atoms with E-state index in [1.165, 1.54) is 0 Å². The first-order valence-corrected chi connectivity index (χ1v) is 6.10. The van der Waals surface area contributed by atoms with Crippen molar-refractivity contribution in [1.82, 2.24) is 0 Å². The maximum Gasteiger partial charge on any atom is 0.279 e. The number of carbonyl (C=O) groups is 1. The molecule has 1 aromatic carbocycles. The lowest BCUT2D eigenvalue weighted by atomic mass is 10.3. The Morgan fingerprint density at radius 1 is 1.25 bits per heavy atom. The first-order valence-electron chi connectivity index (χ1n) is 6.10. The van der Waals surface area contributed by atoms with Gasteiger partial charge in [-0.2, -0.15) is 0 Å². The van der Waals surface area contributed by atoms with Crippen LogP contribution in [0.5, 0.6) is 0 Å². The second-order valence-corrected chi connectivity index (χ2v) is 5.13. The molecular formula is C13H24Cl2N4O. The Morgan fingerprint density at radius 3 is 2.30 bits per heavy atom. The SMILES string of the molecule is C[N+](C)(CCCN)CC(=O)Nc1ccc(N)cc1.Cl.[Cl-]. The van der Waals surface area contributed by atoms with Crippen LogP contribution in [0.2, 0.25) is 0 Å². The summed E-state index contributed by atoms with van der Waals surface area (Å²) in [6, 6.07) is 7.13. The summed E-state index contributed by atoms with van der Waals surface area (Å²) in [6.07, 6.45) is 0.919. The van der Waals surface area contributed by atoms with Crippen molar-refractivity contribution in [2.75, 3.05) is 44.8 Å². The molecule has 0 atom stereocenters. The molecule has 0 aromatic heterocycles. The molecular weight excluding hydrogens is 299 g/mol. The predicted octanol–water partition coefficient (Wildman–Crippen LogP) is -1.94. The zero-order chi connectivity index (χ0) is 13.6. The second kappa shape index (κ2) is 9.83. The van der Waals surface area contributed by atoms with Crippen LogP contribution in [0.3, 0.4) is 0 Å². The van der Waals surface area contributed by atoms with Gasteiger partial charge >= 0.3 is 0 Å². The number of likely N-dealkylation sites (N-methyl/N-ethyl adjacent to an activating group) is 1. The summed E-state index contributed by atoms with van der Waals surface area (Å²) in [5.41, 5.74) is 12.5. The Bertz CT molecular complexity index is 396. The quantitative estimate of drug-likeness (QED) is 0.421. The van der Waals surface area contributed by atoms with E-state index in [-0.39, 0.29) is 30.7 Å². The van der Waals surface area contributed by atoms with Crippen LogP contribution in [0.1, 0.15) is 6.42 Å². The van der Waals surface area contributed by atoms with E-state index >= 15 is 0 Å². The lowest BCUT2D eigenvalue weighted by Gasteiger charge is -2.28. The standard InChI is InChI=1S/C13H22N4O.2ClH/c1-17(2,9-3-8-14)10-13(18)16-12-6-4-11(15)5-7-12;;/h4-7H,3,8-10,14-15H2,1-2H3;2*1H. The predicted molar refractivity (Wildman–Crippen MR) is 82.2 cm³/mol. The number of nitrogen functional groups attached to an aromatic ring is 1. The van der Waals surface area contributed by atoms with Gasteiger partial charge < -0.3 is 33.7 Å². The van der Waals surface area contributed by atoms with Crippen LogP contribution in [0.15, 0.2) is 24.3 Å². The summed E-state index contributed by atoms with van der Waals surface area (Å²) in [6.45, 7) is 1.98. The number of halogens is 2. The molecule has 0 aliphatic carbocycles. The first-order chi connectivity index (χ1) is 8.43. The summed E-state index contributed by atoms with van der Waals surface area (Å²) in [5.74, 6) is 0.00166. The van der Waals surface area contributed by atoms with E-state index in [1.807, 2.05) is 14.1 Å². The third kappa shape index (κ3) is 8.22. The third-order valence-corrected chi connectivity index (χ3v) is 2.73. The van der Waals surface area contributed by atoms with Gasteiger partial charge in [-0.05, 0) is 30.8 Å². The molecule has 0 aliphatic heterocycles. The van der Waals surface area contributed by atoms with E-state index in [0.29, 0.717) is 23.3 Å². The third-order valence-electron chi connectivity index (χ3n) is 2.73. The highest BCUT2D eigenvalue weighted by Crippen LogP contribution is 2.10. The van der Waals surface area contributed by atoms with E-state index < -0.39 is 0 Å². The first kappa shape index (κ1) is 21.3. The molecule has 1 amide bonds. The Kier molecular flexibility index (Phi) is 10.5. The number of anilines is 2. The molecule has 0 fully saturated rings. The highest BCUT2D eigenvalue weighted by Gasteiger charge is 2.19. The number of nitrogens with zero attached hydrogens (tertiary/aromatic N) is 1. The number of quaternary nitrogens is 1. The van der Waals surface area contributed by atoms with Crippen LogP contribution in [0.25, 0.3) is 0 Å². The van der Waals surface area contributed by atoms with Gasteiger partial charge in [0.15, 0.2) is 6.54 Å². The lowest BCUT2D eigenvalue weighted by Crippen LogP contribution is -3.00. The Hall–Kier alpha value is -1.01. The number of benzene rings is 1. The minimum absolute atomic E-state index is 0. The molecule has 0 saturated carbocycles. The fraction of sp³-hybridized carbons (Fsp3) is 0.462. The van der Waals surface area contributed by atoms with Gasteiger partial charge in [0.05, 0.1) is 20.6 Å². The van der Waals surface area contributed by atoms with Crippen molar-refractivity contribution in [3.63, 3.8) is 0 Å². The normalized spacial score (nSPS) is 10.2. The summed E-state index contributed by atoms with van der Waals surface area (Å²) >= 11 is 0. The molecule has 0 saturated heterocycles. The van der Waals surface area contributed by atoms with Crippen LogP contribution in [0.4, 0.5) is 11.4 Å². The molecule has 5 N–H and O–H groups in total. The highest BCUT2D eigenvalue weighted by atomic mass is 35.5. The maximum atomic E-state index is 11.9. The molecule has 0 aliphatic rings. The minimum Gasteiger partial charge on any atom is -1.00 e. The second-order valence-electron chi connectivity index (χ2n) is 5.13. The van der Waals surface area contributed by atoms with Crippen molar-refractivity contribution in [2.45, 2.75) is 6.42 Å². The number of rotatable bonds is 6. The van der Waals surface area contributed by atoms with Gasteiger partial charge in [0.25, 0.3) is 5.91 Å². The van der Waals surface area contributed by atoms with Gasteiger partial charge in [0, 0.05) is 17.8 Å². The number of hydrogen-bond acceptors (Lipinski definition) is 3. The number of hydrogen-bond donors (Lipinski definition) is 3. The fourth-order valence-electron chi connectivity index (χ4n) is 1.75. The minimum atomic E-state index is 0. The zero-order valence-electron chi connectivity index (χ0n) is 11.9. The van der Waals surface area contributed by atoms with Crippen LogP contribution in [-0.4, -0.2) is 44.1 Å². The summed E-state index contributed by atoms with van der Waals surface area (Å²) < 4.78 is 0.637. The molecule has 1 aromatic rings. The van der Waals surface area contributed by atoms with Crippen LogP contribution in [0, 0.1) is 0 Å². The van der Waals surface area contributed by atoms with E-state index in [0.717, 1.165) is 18.7 Å². The zero-order valence-corrected chi connectivity index (χ0v) is 13.5. The largest absolute Gasteiger partial charge is 1.00 e. The molecule has 116 valence electrons. The van der Waals surface area contributed by atoms with Crippen molar-refractivity contribution in [2.24, 2.45) is 5.73 Å².